The average Bonchev–Trinajstić information content (AvgIpc) is 2.70. The quantitative estimate of drug-likeness (QED) is 0.669. The van der Waals surface area contributed by atoms with Crippen LogP contribution in [0.5, 0.6) is 0 Å². The van der Waals surface area contributed by atoms with Gasteiger partial charge >= 0.3 is 0 Å². The largest absolute Gasteiger partial charge is 0.291 e. The van der Waals surface area contributed by atoms with Crippen LogP contribution < -0.4 is 0 Å². The summed E-state index contributed by atoms with van der Waals surface area (Å²) in [6.07, 6.45) is 6.49. The Labute approximate surface area is 99.0 Å². The molecule has 0 saturated heterocycles. The van der Waals surface area contributed by atoms with Crippen molar-refractivity contribution in [2.45, 2.75) is 13.3 Å². The van der Waals surface area contributed by atoms with Gasteiger partial charge in [0, 0.05) is 30.7 Å². The maximum Gasteiger partial charge on any atom is 0.234 e. The Balaban J connectivity index is 1.95. The van der Waals surface area contributed by atoms with Crippen molar-refractivity contribution in [2.24, 2.45) is 0 Å². The summed E-state index contributed by atoms with van der Waals surface area (Å²) in [7, 11) is 0. The van der Waals surface area contributed by atoms with Crippen molar-refractivity contribution < 1.29 is 0 Å². The third kappa shape index (κ3) is 2.01. The van der Waals surface area contributed by atoms with Gasteiger partial charge in [-0.05, 0) is 25.1 Å². The Morgan fingerprint density at radius 1 is 1.12 bits per heavy atom. The molecule has 84 valence electrons. The lowest BCUT2D eigenvalue weighted by Gasteiger charge is -2.00. The van der Waals surface area contributed by atoms with Gasteiger partial charge in [0.25, 0.3) is 0 Å². The molecule has 0 aliphatic heterocycles. The summed E-state index contributed by atoms with van der Waals surface area (Å²) >= 11 is 0. The van der Waals surface area contributed by atoms with Crippen LogP contribution in [0.25, 0.3) is 5.78 Å². The summed E-state index contributed by atoms with van der Waals surface area (Å²) in [5.74, 6) is 0.746. The number of nitrogens with zero attached hydrogens (tertiary/aromatic N) is 4. The van der Waals surface area contributed by atoms with E-state index in [0.29, 0.717) is 0 Å². The van der Waals surface area contributed by atoms with Gasteiger partial charge in [-0.15, -0.1) is 0 Å². The Morgan fingerprint density at radius 3 is 2.88 bits per heavy atom. The molecular weight excluding hydrogens is 212 g/mol. The zero-order chi connectivity index (χ0) is 11.7. The molecule has 3 heterocycles. The van der Waals surface area contributed by atoms with Crippen LogP contribution in [-0.4, -0.2) is 19.4 Å². The van der Waals surface area contributed by atoms with E-state index in [1.807, 2.05) is 48.0 Å². The lowest BCUT2D eigenvalue weighted by molar-refractivity contribution is 0.982. The Bertz CT molecular complexity index is 643. The Morgan fingerprint density at radius 2 is 2.06 bits per heavy atom. The fourth-order valence-corrected chi connectivity index (χ4v) is 1.81. The Hall–Kier alpha value is -2.23. The predicted octanol–water partition coefficient (Wildman–Crippen LogP) is 2.02. The molecule has 0 radical (unpaired) electrons. The normalized spacial score (nSPS) is 10.9. The van der Waals surface area contributed by atoms with Gasteiger partial charge in [0.05, 0.1) is 11.4 Å². The summed E-state index contributed by atoms with van der Waals surface area (Å²) in [5, 5.41) is 0. The van der Waals surface area contributed by atoms with Crippen LogP contribution in [0.2, 0.25) is 0 Å². The van der Waals surface area contributed by atoms with Gasteiger partial charge in [0.1, 0.15) is 0 Å². The van der Waals surface area contributed by atoms with Gasteiger partial charge in [0.2, 0.25) is 5.78 Å². The molecule has 3 aromatic heterocycles. The third-order valence-corrected chi connectivity index (χ3v) is 2.59. The van der Waals surface area contributed by atoms with E-state index in [1.54, 1.807) is 6.20 Å². The molecule has 0 saturated carbocycles. The maximum absolute atomic E-state index is 4.50. The van der Waals surface area contributed by atoms with E-state index < -0.39 is 0 Å². The highest BCUT2D eigenvalue weighted by Gasteiger charge is 2.02. The topological polar surface area (TPSA) is 43.1 Å². The number of rotatable bonds is 2. The lowest BCUT2D eigenvalue weighted by Crippen LogP contribution is -1.97. The SMILES string of the molecule is Cc1cn2ccc(Cc3ccccn3)nc2n1. The molecule has 17 heavy (non-hydrogen) atoms. The van der Waals surface area contributed by atoms with E-state index in [9.17, 15) is 0 Å². The zero-order valence-corrected chi connectivity index (χ0v) is 9.54. The summed E-state index contributed by atoms with van der Waals surface area (Å²) in [6.45, 7) is 1.97. The zero-order valence-electron chi connectivity index (χ0n) is 9.54. The van der Waals surface area contributed by atoms with Crippen LogP contribution in [0.4, 0.5) is 0 Å². The second kappa shape index (κ2) is 3.97. The van der Waals surface area contributed by atoms with E-state index in [-0.39, 0.29) is 0 Å². The monoisotopic (exact) mass is 224 g/mol. The summed E-state index contributed by atoms with van der Waals surface area (Å²) in [4.78, 5) is 13.1. The molecular formula is C13H12N4. The highest BCUT2D eigenvalue weighted by Crippen LogP contribution is 2.07. The molecule has 0 N–H and O–H groups in total. The van der Waals surface area contributed by atoms with Crippen LogP contribution in [0.1, 0.15) is 17.1 Å². The molecule has 0 aliphatic carbocycles. The summed E-state index contributed by atoms with van der Waals surface area (Å²) in [5.41, 5.74) is 2.99. The van der Waals surface area contributed by atoms with Gasteiger partial charge in [-0.1, -0.05) is 6.07 Å². The van der Waals surface area contributed by atoms with Crippen molar-refractivity contribution in [3.8, 4) is 0 Å². The minimum atomic E-state index is 0.739. The molecule has 0 aliphatic rings. The number of hydrogen-bond donors (Lipinski definition) is 0. The minimum absolute atomic E-state index is 0.739. The van der Waals surface area contributed by atoms with E-state index in [4.69, 9.17) is 0 Å². The van der Waals surface area contributed by atoms with Gasteiger partial charge in [-0.25, -0.2) is 9.97 Å². The smallest absolute Gasteiger partial charge is 0.234 e. The minimum Gasteiger partial charge on any atom is -0.291 e. The second-order valence-electron chi connectivity index (χ2n) is 4.01. The van der Waals surface area contributed by atoms with Crippen LogP contribution in [-0.2, 0) is 6.42 Å². The molecule has 0 unspecified atom stereocenters. The predicted molar refractivity (Wildman–Crippen MR) is 64.8 cm³/mol. The first kappa shape index (κ1) is 9.96. The highest BCUT2D eigenvalue weighted by molar-refractivity contribution is 5.32. The molecule has 0 amide bonds. The van der Waals surface area contributed by atoms with Gasteiger partial charge < -0.3 is 0 Å². The molecule has 0 spiro atoms. The van der Waals surface area contributed by atoms with E-state index >= 15 is 0 Å². The van der Waals surface area contributed by atoms with Crippen molar-refractivity contribution in [2.75, 3.05) is 0 Å². The van der Waals surface area contributed by atoms with Gasteiger partial charge in [0.15, 0.2) is 0 Å². The van der Waals surface area contributed by atoms with Crippen molar-refractivity contribution in [1.29, 1.82) is 0 Å². The molecule has 0 bridgehead atoms. The lowest BCUT2D eigenvalue weighted by atomic mass is 10.2. The number of pyridine rings is 1. The van der Waals surface area contributed by atoms with Crippen molar-refractivity contribution in [1.82, 2.24) is 19.4 Å². The van der Waals surface area contributed by atoms with Crippen molar-refractivity contribution in [3.63, 3.8) is 0 Å². The van der Waals surface area contributed by atoms with Crippen molar-refractivity contribution >= 4 is 5.78 Å². The number of fused-ring (bicyclic) bond motifs is 1. The van der Waals surface area contributed by atoms with Crippen molar-refractivity contribution in [3.05, 3.63) is 59.9 Å². The molecule has 0 aromatic carbocycles. The average molecular weight is 224 g/mol. The van der Waals surface area contributed by atoms with Gasteiger partial charge in [-0.2, -0.15) is 0 Å². The molecule has 4 heteroatoms. The highest BCUT2D eigenvalue weighted by atomic mass is 15.1. The molecule has 0 atom stereocenters. The summed E-state index contributed by atoms with van der Waals surface area (Å²) < 4.78 is 1.93. The summed E-state index contributed by atoms with van der Waals surface area (Å²) in [6, 6.07) is 7.91. The second-order valence-corrected chi connectivity index (χ2v) is 4.01. The number of hydrogen-bond acceptors (Lipinski definition) is 3. The van der Waals surface area contributed by atoms with Crippen LogP contribution in [0.15, 0.2) is 42.9 Å². The molecule has 3 aromatic rings. The van der Waals surface area contributed by atoms with Crippen LogP contribution in [0.3, 0.4) is 0 Å². The maximum atomic E-state index is 4.50. The standard InChI is InChI=1S/C13H12N4/c1-10-9-17-7-5-12(16-13(17)15-10)8-11-4-2-3-6-14-11/h2-7,9H,8H2,1H3. The number of aromatic nitrogens is 4. The Kier molecular flexibility index (Phi) is 2.33. The van der Waals surface area contributed by atoms with E-state index in [0.717, 1.165) is 29.3 Å². The number of aryl methyl sites for hydroxylation is 1. The first-order chi connectivity index (χ1) is 8.31. The molecule has 0 fully saturated rings. The molecule has 4 nitrogen and oxygen atoms in total. The van der Waals surface area contributed by atoms with Crippen LogP contribution in [0, 0.1) is 6.92 Å². The fraction of sp³-hybridized carbons (Fsp3) is 0.154. The number of imidazole rings is 1. The van der Waals surface area contributed by atoms with Gasteiger partial charge in [-0.3, -0.25) is 9.38 Å². The third-order valence-electron chi connectivity index (χ3n) is 2.59. The fourth-order valence-electron chi connectivity index (χ4n) is 1.81. The van der Waals surface area contributed by atoms with E-state index in [2.05, 4.69) is 15.0 Å². The molecule has 3 rings (SSSR count). The van der Waals surface area contributed by atoms with Crippen LogP contribution >= 0.6 is 0 Å². The first-order valence-electron chi connectivity index (χ1n) is 5.52. The van der Waals surface area contributed by atoms with E-state index in [1.165, 1.54) is 0 Å². The first-order valence-corrected chi connectivity index (χ1v) is 5.52.